The first-order valence-corrected chi connectivity index (χ1v) is 29.9. The number of phosphoric ester groups is 3. The lowest BCUT2D eigenvalue weighted by atomic mass is 9.85. The monoisotopic (exact) mass is 1040 g/mol. The number of carbonyl (C=O) groups is 3. The van der Waals surface area contributed by atoms with E-state index in [2.05, 4.69) is 16.0 Å². The van der Waals surface area contributed by atoms with Gasteiger partial charge in [0.2, 0.25) is 0 Å². The number of phosphoric acid groups is 3. The van der Waals surface area contributed by atoms with Crippen molar-refractivity contribution < 1.29 is 95.4 Å². The maximum Gasteiger partial charge on any atom is 0.472 e. The Bertz CT molecular complexity index is 1480. The number of thioether (sulfide) groups is 1. The Morgan fingerprint density at radius 2 is 0.940 bits per heavy atom. The zero-order valence-corrected chi connectivity index (χ0v) is 43.2. The minimum absolute atomic E-state index is 0.0185. The van der Waals surface area contributed by atoms with E-state index in [1.54, 1.807) is 0 Å². The van der Waals surface area contributed by atoms with Gasteiger partial charge in [0.05, 0.1) is 19.6 Å². The van der Waals surface area contributed by atoms with Gasteiger partial charge in [-0.25, -0.2) is 13.7 Å². The number of esters is 2. The van der Waals surface area contributed by atoms with E-state index < -0.39 is 91.2 Å². The predicted molar refractivity (Wildman–Crippen MR) is 251 cm³/mol. The van der Waals surface area contributed by atoms with Crippen LogP contribution >= 0.6 is 35.2 Å². The number of hydrogen-bond acceptors (Lipinski definition) is 16. The van der Waals surface area contributed by atoms with E-state index in [9.17, 15) is 67.9 Å². The molecular formula is C43H83O20P3S. The van der Waals surface area contributed by atoms with Gasteiger partial charge in [0, 0.05) is 18.6 Å². The van der Waals surface area contributed by atoms with Crippen LogP contribution in [0.3, 0.4) is 0 Å². The van der Waals surface area contributed by atoms with Crippen molar-refractivity contribution in [2.24, 2.45) is 0 Å². The van der Waals surface area contributed by atoms with Gasteiger partial charge in [-0.3, -0.25) is 32.5 Å². The number of rotatable bonds is 42. The molecule has 8 atom stereocenters. The number of hydrogen-bond donors (Lipinski definition) is 8. The maximum absolute atomic E-state index is 13.1. The number of carbonyl (C=O) groups excluding carboxylic acids is 3. The largest absolute Gasteiger partial charge is 0.472 e. The summed E-state index contributed by atoms with van der Waals surface area (Å²) >= 11 is 1.44. The van der Waals surface area contributed by atoms with Gasteiger partial charge in [-0.1, -0.05) is 160 Å². The summed E-state index contributed by atoms with van der Waals surface area (Å²) in [7, 11) is -16.6. The second kappa shape index (κ2) is 37.0. The van der Waals surface area contributed by atoms with E-state index in [-0.39, 0.29) is 18.1 Å². The van der Waals surface area contributed by atoms with Gasteiger partial charge in [-0.15, -0.1) is 0 Å². The van der Waals surface area contributed by atoms with E-state index >= 15 is 0 Å². The molecule has 0 aromatic heterocycles. The van der Waals surface area contributed by atoms with E-state index in [0.717, 1.165) is 102 Å². The Labute approximate surface area is 401 Å². The van der Waals surface area contributed by atoms with Gasteiger partial charge >= 0.3 is 35.4 Å². The number of aliphatic hydroxyl groups excluding tert-OH is 3. The summed E-state index contributed by atoms with van der Waals surface area (Å²) in [6, 6.07) is 0. The van der Waals surface area contributed by atoms with Crippen LogP contribution in [0.1, 0.15) is 194 Å². The second-order valence-electron chi connectivity index (χ2n) is 17.3. The molecule has 1 saturated carbocycles. The summed E-state index contributed by atoms with van der Waals surface area (Å²) in [5.74, 6) is -0.621. The molecule has 0 aromatic carbocycles. The molecule has 1 rings (SSSR count). The predicted octanol–water partition coefficient (Wildman–Crippen LogP) is 8.22. The van der Waals surface area contributed by atoms with Crippen LogP contribution in [0, 0.1) is 0 Å². The fourth-order valence-electron chi connectivity index (χ4n) is 7.57. The van der Waals surface area contributed by atoms with Crippen LogP contribution < -0.4 is 0 Å². The van der Waals surface area contributed by atoms with E-state index in [1.807, 2.05) is 6.92 Å². The molecule has 20 nitrogen and oxygen atoms in total. The van der Waals surface area contributed by atoms with Crippen LogP contribution in [-0.4, -0.2) is 119 Å². The zero-order chi connectivity index (χ0) is 50.1. The molecule has 0 saturated heterocycles. The van der Waals surface area contributed by atoms with Crippen molar-refractivity contribution in [3.8, 4) is 0 Å². The molecule has 0 spiro atoms. The first-order valence-electron chi connectivity index (χ1n) is 24.4. The fourth-order valence-corrected chi connectivity index (χ4v) is 10.6. The van der Waals surface area contributed by atoms with Crippen molar-refractivity contribution in [3.63, 3.8) is 0 Å². The third-order valence-electron chi connectivity index (χ3n) is 11.2. The average Bonchev–Trinajstić information content (AvgIpc) is 3.24. The summed E-state index contributed by atoms with van der Waals surface area (Å²) < 4.78 is 65.5. The Kier molecular flexibility index (Phi) is 35.4. The maximum atomic E-state index is 13.1. The number of ether oxygens (including phenoxy) is 2. The van der Waals surface area contributed by atoms with E-state index in [0.29, 0.717) is 19.3 Å². The van der Waals surface area contributed by atoms with Gasteiger partial charge in [0.15, 0.2) is 5.12 Å². The summed E-state index contributed by atoms with van der Waals surface area (Å²) in [6.45, 7) is 3.34. The summed E-state index contributed by atoms with van der Waals surface area (Å²) in [5.41, 5.74) is 0. The molecule has 0 radical (unpaired) electrons. The van der Waals surface area contributed by atoms with Crippen molar-refractivity contribution in [1.29, 1.82) is 0 Å². The van der Waals surface area contributed by atoms with Crippen LogP contribution in [-0.2, 0) is 55.6 Å². The highest BCUT2D eigenvalue weighted by Crippen LogP contribution is 2.51. The molecule has 1 aliphatic rings. The molecule has 67 heavy (non-hydrogen) atoms. The standard InChI is InChI=1S/C43H83O20P3S/c1-3-5-6-7-8-9-10-11-13-16-19-22-25-29-35(44)60-34(32-36(45)58-30-26-23-20-17-14-12-15-18-21-24-27-31-67-37(46)28-4-2)33-59-66(56,57)63-41-38(47)39(48)42(61-64(50,51)52)43(40(41)49)62-65(53,54)55/h34,38-43,47-49H,3-33H2,1-2H3,(H,56,57)(H2,50,51,52)(H2,53,54,55)/t34-,38?,39+,40-,41?,42?,43-/m1/s1. The second-order valence-corrected chi connectivity index (χ2v) is 22.3. The van der Waals surface area contributed by atoms with Crippen molar-refractivity contribution >= 4 is 52.3 Å². The Balaban J connectivity index is 2.69. The molecule has 8 N–H and O–H groups in total. The van der Waals surface area contributed by atoms with Crippen molar-refractivity contribution in [2.75, 3.05) is 19.0 Å². The lowest BCUT2D eigenvalue weighted by Gasteiger charge is -2.44. The third-order valence-corrected chi connectivity index (χ3v) is 14.2. The molecule has 1 aliphatic carbocycles. The lowest BCUT2D eigenvalue weighted by molar-refractivity contribution is -0.213. The number of unbranched alkanes of at least 4 members (excludes halogenated alkanes) is 22. The summed E-state index contributed by atoms with van der Waals surface area (Å²) in [5, 5.41) is 32.1. The Morgan fingerprint density at radius 3 is 1.42 bits per heavy atom. The van der Waals surface area contributed by atoms with Crippen molar-refractivity contribution in [3.05, 3.63) is 0 Å². The first-order chi connectivity index (χ1) is 31.7. The van der Waals surface area contributed by atoms with Crippen LogP contribution in [0.5, 0.6) is 0 Å². The molecular weight excluding hydrogens is 961 g/mol. The Morgan fingerprint density at radius 1 is 0.507 bits per heavy atom. The summed E-state index contributed by atoms with van der Waals surface area (Å²) in [4.78, 5) is 85.0. The lowest BCUT2D eigenvalue weighted by Crippen LogP contribution is -2.65. The average molecular weight is 1050 g/mol. The minimum Gasteiger partial charge on any atom is -0.466 e. The molecule has 24 heteroatoms. The molecule has 396 valence electrons. The van der Waals surface area contributed by atoms with Crippen LogP contribution in [0.25, 0.3) is 0 Å². The van der Waals surface area contributed by atoms with Gasteiger partial charge < -0.3 is 49.3 Å². The Hall–Kier alpha value is -0.830. The van der Waals surface area contributed by atoms with Crippen molar-refractivity contribution in [2.45, 2.75) is 236 Å². The zero-order valence-electron chi connectivity index (χ0n) is 39.7. The highest BCUT2D eigenvalue weighted by Gasteiger charge is 2.56. The topological polar surface area (TPSA) is 320 Å². The van der Waals surface area contributed by atoms with Gasteiger partial charge in [0.25, 0.3) is 0 Å². The molecule has 0 aromatic rings. The molecule has 1 fully saturated rings. The normalized spacial score (nSPS) is 21.5. The SMILES string of the molecule is CCCCCCCCCCCCCCCC(=O)O[C@@H](COP(=O)(O)OC1C(O)[C@H](O)C(OP(=O)(O)O)[C@H](OP(=O)(O)O)[C@@H]1O)CC(=O)OCCCCCCCCCCCCCSC(=O)CCC. The molecule has 4 unspecified atom stereocenters. The van der Waals surface area contributed by atoms with Crippen LogP contribution in [0.4, 0.5) is 0 Å². The van der Waals surface area contributed by atoms with E-state index in [1.165, 1.54) is 63.1 Å². The quantitative estimate of drug-likeness (QED) is 0.0162. The van der Waals surface area contributed by atoms with Gasteiger partial charge in [-0.05, 0) is 25.7 Å². The first kappa shape index (κ1) is 64.2. The van der Waals surface area contributed by atoms with Gasteiger partial charge in [-0.2, -0.15) is 0 Å². The van der Waals surface area contributed by atoms with Gasteiger partial charge in [0.1, 0.15) is 42.7 Å². The highest BCUT2D eigenvalue weighted by atomic mass is 32.2. The molecule has 0 heterocycles. The third kappa shape index (κ3) is 33.5. The highest BCUT2D eigenvalue weighted by molar-refractivity contribution is 8.13. The fraction of sp³-hybridized carbons (Fsp3) is 0.930. The summed E-state index contributed by atoms with van der Waals surface area (Å²) in [6.07, 6.45) is 9.94. The number of aliphatic hydroxyl groups is 3. The molecule has 0 aliphatic heterocycles. The van der Waals surface area contributed by atoms with Crippen molar-refractivity contribution in [1.82, 2.24) is 0 Å². The van der Waals surface area contributed by atoms with Crippen LogP contribution in [0.2, 0.25) is 0 Å². The van der Waals surface area contributed by atoms with E-state index in [4.69, 9.17) is 18.5 Å². The smallest absolute Gasteiger partial charge is 0.466 e. The minimum atomic E-state index is -5.61. The molecule has 0 amide bonds. The molecule has 0 bridgehead atoms. The van der Waals surface area contributed by atoms with Crippen LogP contribution in [0.15, 0.2) is 0 Å².